The molecule has 2 rings (SSSR count). The van der Waals surface area contributed by atoms with Crippen LogP contribution in [0, 0.1) is 6.92 Å². The normalized spacial score (nSPS) is 13.3. The summed E-state index contributed by atoms with van der Waals surface area (Å²) >= 11 is 11.7. The van der Waals surface area contributed by atoms with Crippen molar-refractivity contribution in [3.05, 3.63) is 57.8 Å². The number of aromatic nitrogens is 1. The van der Waals surface area contributed by atoms with Gasteiger partial charge in [-0.05, 0) is 38.0 Å². The first-order valence-corrected chi connectivity index (χ1v) is 9.27. The van der Waals surface area contributed by atoms with Crippen LogP contribution in [0.4, 0.5) is 0 Å². The van der Waals surface area contributed by atoms with Crippen molar-refractivity contribution in [2.24, 2.45) is 0 Å². The summed E-state index contributed by atoms with van der Waals surface area (Å²) in [4.78, 5) is 3.76. The van der Waals surface area contributed by atoms with Crippen LogP contribution in [0.25, 0.3) is 0 Å². The van der Waals surface area contributed by atoms with Gasteiger partial charge in [0.1, 0.15) is 10.0 Å². The molecule has 0 spiro atoms. The Balaban J connectivity index is 2.23. The minimum atomic E-state index is -3.73. The second-order valence-electron chi connectivity index (χ2n) is 5.48. The van der Waals surface area contributed by atoms with Crippen LogP contribution < -0.4 is 0 Å². The summed E-state index contributed by atoms with van der Waals surface area (Å²) in [6.07, 6.45) is 0.606. The maximum Gasteiger partial charge on any atom is 0.246 e. The lowest BCUT2D eigenvalue weighted by molar-refractivity contribution is 0.386. The van der Waals surface area contributed by atoms with Gasteiger partial charge in [-0.2, -0.15) is 4.31 Å². The van der Waals surface area contributed by atoms with Crippen molar-refractivity contribution in [3.63, 3.8) is 0 Å². The monoisotopic (exact) mass is 372 g/mol. The van der Waals surface area contributed by atoms with Crippen LogP contribution in [0.15, 0.2) is 41.3 Å². The van der Waals surface area contributed by atoms with E-state index in [0.717, 1.165) is 5.56 Å². The van der Waals surface area contributed by atoms with E-state index in [2.05, 4.69) is 4.98 Å². The van der Waals surface area contributed by atoms with Crippen LogP contribution in [-0.4, -0.2) is 30.8 Å². The van der Waals surface area contributed by atoms with Gasteiger partial charge in [0, 0.05) is 13.1 Å². The first-order valence-electron chi connectivity index (χ1n) is 7.07. The molecular weight excluding hydrogens is 355 g/mol. The number of nitrogens with zero attached hydrogens (tertiary/aromatic N) is 2. The predicted octanol–water partition coefficient (Wildman–Crippen LogP) is 3.95. The van der Waals surface area contributed by atoms with E-state index in [-0.39, 0.29) is 21.2 Å². The van der Waals surface area contributed by atoms with Gasteiger partial charge in [0.25, 0.3) is 0 Å². The average molecular weight is 373 g/mol. The molecule has 23 heavy (non-hydrogen) atoms. The van der Waals surface area contributed by atoms with Gasteiger partial charge in [-0.25, -0.2) is 13.4 Å². The van der Waals surface area contributed by atoms with Crippen molar-refractivity contribution in [3.8, 4) is 0 Å². The van der Waals surface area contributed by atoms with Crippen molar-refractivity contribution in [1.29, 1.82) is 0 Å². The number of hydrogen-bond acceptors (Lipinski definition) is 3. The van der Waals surface area contributed by atoms with Crippen molar-refractivity contribution in [2.45, 2.75) is 31.2 Å². The van der Waals surface area contributed by atoms with Gasteiger partial charge in [0.15, 0.2) is 5.15 Å². The fourth-order valence-electron chi connectivity index (χ4n) is 2.18. The summed E-state index contributed by atoms with van der Waals surface area (Å²) in [7, 11) is -2.19. The van der Waals surface area contributed by atoms with E-state index in [0.29, 0.717) is 6.42 Å². The third kappa shape index (κ3) is 4.23. The first kappa shape index (κ1) is 18.2. The molecule has 0 aliphatic rings. The zero-order valence-corrected chi connectivity index (χ0v) is 15.5. The van der Waals surface area contributed by atoms with Gasteiger partial charge in [-0.1, -0.05) is 53.0 Å². The Morgan fingerprint density at radius 1 is 1.13 bits per heavy atom. The molecule has 0 saturated carbocycles. The summed E-state index contributed by atoms with van der Waals surface area (Å²) in [6.45, 7) is 3.87. The maximum absolute atomic E-state index is 12.7. The Bertz CT molecular complexity index is 792. The molecule has 0 saturated heterocycles. The SMILES string of the molecule is Cc1ccc(CC(C)N(C)S(=O)(=O)c2ccc(Cl)nc2Cl)cc1. The molecule has 1 atom stereocenters. The number of likely N-dealkylation sites (N-methyl/N-ethyl adjacent to an activating group) is 1. The molecule has 0 aliphatic heterocycles. The van der Waals surface area contributed by atoms with Crippen molar-refractivity contribution < 1.29 is 8.42 Å². The summed E-state index contributed by atoms with van der Waals surface area (Å²) in [5.41, 5.74) is 2.24. The lowest BCUT2D eigenvalue weighted by atomic mass is 10.1. The molecule has 4 nitrogen and oxygen atoms in total. The highest BCUT2D eigenvalue weighted by atomic mass is 35.5. The minimum absolute atomic E-state index is 0.0400. The van der Waals surface area contributed by atoms with E-state index in [1.807, 2.05) is 38.1 Å². The van der Waals surface area contributed by atoms with Crippen LogP contribution in [0.1, 0.15) is 18.1 Å². The van der Waals surface area contributed by atoms with E-state index in [1.165, 1.54) is 22.0 Å². The predicted molar refractivity (Wildman–Crippen MR) is 93.6 cm³/mol. The van der Waals surface area contributed by atoms with E-state index in [9.17, 15) is 8.42 Å². The Hall–Kier alpha value is -1.14. The molecule has 7 heteroatoms. The Morgan fingerprint density at radius 2 is 1.74 bits per heavy atom. The third-order valence-electron chi connectivity index (χ3n) is 3.71. The van der Waals surface area contributed by atoms with Crippen molar-refractivity contribution >= 4 is 33.2 Å². The Labute approximate surface area is 147 Å². The van der Waals surface area contributed by atoms with Gasteiger partial charge in [0.05, 0.1) is 0 Å². The quantitative estimate of drug-likeness (QED) is 0.746. The number of benzene rings is 1. The zero-order chi connectivity index (χ0) is 17.2. The smallest absolute Gasteiger partial charge is 0.223 e. The summed E-state index contributed by atoms with van der Waals surface area (Å²) < 4.78 is 26.7. The molecule has 0 aliphatic carbocycles. The molecule has 0 radical (unpaired) electrons. The molecule has 0 fully saturated rings. The lowest BCUT2D eigenvalue weighted by Crippen LogP contribution is -2.36. The second-order valence-corrected chi connectivity index (χ2v) is 8.19. The molecule has 1 heterocycles. The van der Waals surface area contributed by atoms with Crippen LogP contribution in [0.2, 0.25) is 10.3 Å². The third-order valence-corrected chi connectivity index (χ3v) is 6.32. The lowest BCUT2D eigenvalue weighted by Gasteiger charge is -2.24. The molecular formula is C16H18Cl2N2O2S. The molecule has 0 bridgehead atoms. The summed E-state index contributed by atoms with van der Waals surface area (Å²) in [6, 6.07) is 10.6. The molecule has 1 unspecified atom stereocenters. The first-order chi connectivity index (χ1) is 10.7. The average Bonchev–Trinajstić information content (AvgIpc) is 2.48. The number of rotatable bonds is 5. The standard InChI is InChI=1S/C16H18Cl2N2O2S/c1-11-4-6-13(7-5-11)10-12(2)20(3)23(21,22)14-8-9-15(17)19-16(14)18/h4-9,12H,10H2,1-3H3. The van der Waals surface area contributed by atoms with Gasteiger partial charge >= 0.3 is 0 Å². The highest BCUT2D eigenvalue weighted by molar-refractivity contribution is 7.89. The Morgan fingerprint density at radius 3 is 2.30 bits per heavy atom. The van der Waals surface area contributed by atoms with Crippen molar-refractivity contribution in [2.75, 3.05) is 7.05 Å². The fourth-order valence-corrected chi connectivity index (χ4v) is 4.17. The molecule has 2 aromatic rings. The van der Waals surface area contributed by atoms with Crippen LogP contribution in [0.5, 0.6) is 0 Å². The number of halogens is 2. The van der Waals surface area contributed by atoms with Gasteiger partial charge in [-0.15, -0.1) is 0 Å². The van der Waals surface area contributed by atoms with Crippen LogP contribution in [0.3, 0.4) is 0 Å². The zero-order valence-electron chi connectivity index (χ0n) is 13.1. The maximum atomic E-state index is 12.7. The van der Waals surface area contributed by atoms with Crippen molar-refractivity contribution in [1.82, 2.24) is 9.29 Å². The van der Waals surface area contributed by atoms with Gasteiger partial charge in [0.2, 0.25) is 10.0 Å². The summed E-state index contributed by atoms with van der Waals surface area (Å²) in [5.74, 6) is 0. The minimum Gasteiger partial charge on any atom is -0.223 e. The number of pyridine rings is 1. The van der Waals surface area contributed by atoms with Gasteiger partial charge in [-0.3, -0.25) is 0 Å². The number of aryl methyl sites for hydroxylation is 1. The summed E-state index contributed by atoms with van der Waals surface area (Å²) in [5, 5.41) is 0.0381. The second kappa shape index (κ2) is 7.18. The molecule has 0 amide bonds. The van der Waals surface area contributed by atoms with E-state index in [1.54, 1.807) is 7.05 Å². The largest absolute Gasteiger partial charge is 0.246 e. The van der Waals surface area contributed by atoms with E-state index in [4.69, 9.17) is 23.2 Å². The molecule has 124 valence electrons. The topological polar surface area (TPSA) is 50.3 Å². The molecule has 1 aromatic heterocycles. The molecule has 1 aromatic carbocycles. The Kier molecular flexibility index (Phi) is 5.68. The highest BCUT2D eigenvalue weighted by Gasteiger charge is 2.28. The van der Waals surface area contributed by atoms with Gasteiger partial charge < -0.3 is 0 Å². The van der Waals surface area contributed by atoms with Crippen LogP contribution in [-0.2, 0) is 16.4 Å². The number of hydrogen-bond donors (Lipinski definition) is 0. The van der Waals surface area contributed by atoms with E-state index >= 15 is 0 Å². The highest BCUT2D eigenvalue weighted by Crippen LogP contribution is 2.25. The van der Waals surface area contributed by atoms with Crippen LogP contribution >= 0.6 is 23.2 Å². The number of sulfonamides is 1. The molecule has 0 N–H and O–H groups in total. The van der Waals surface area contributed by atoms with E-state index < -0.39 is 10.0 Å². The fraction of sp³-hybridized carbons (Fsp3) is 0.312.